The van der Waals surface area contributed by atoms with E-state index >= 15 is 8.78 Å². The number of carbonyl (C=O) groups excluding carboxylic acids is 2. The summed E-state index contributed by atoms with van der Waals surface area (Å²) in [6.45, 7) is 18.3. The van der Waals surface area contributed by atoms with Crippen LogP contribution in [0.4, 0.5) is 30.8 Å². The zero-order chi connectivity index (χ0) is 48.4. The number of rotatable bonds is 10. The Bertz CT molecular complexity index is 2740. The molecule has 5 fully saturated rings. The van der Waals surface area contributed by atoms with Crippen LogP contribution in [0.2, 0.25) is 0 Å². The number of aryl methyl sites for hydroxylation is 1. The number of fused-ring (bicyclic) bond motifs is 2. The number of likely N-dealkylation sites (tertiary alicyclic amines) is 1. The number of hydrogen-bond acceptors (Lipinski definition) is 13. The molecule has 4 saturated heterocycles. The third-order valence-corrected chi connectivity index (χ3v) is 13.9. The van der Waals surface area contributed by atoms with E-state index in [2.05, 4.69) is 29.9 Å². The van der Waals surface area contributed by atoms with E-state index in [1.54, 1.807) is 40.8 Å². The number of nitrogens with one attached hydrogen (secondary N) is 2. The maximum Gasteiger partial charge on any atom is 0.329 e. The summed E-state index contributed by atoms with van der Waals surface area (Å²) in [7, 11) is 3.65. The van der Waals surface area contributed by atoms with Crippen molar-refractivity contribution < 1.29 is 27.8 Å². The number of anilines is 3. The van der Waals surface area contributed by atoms with Gasteiger partial charge in [0.25, 0.3) is 5.56 Å². The Morgan fingerprint density at radius 3 is 2.39 bits per heavy atom. The van der Waals surface area contributed by atoms with E-state index in [4.69, 9.17) is 9.47 Å². The van der Waals surface area contributed by atoms with Gasteiger partial charge in [0.05, 0.1) is 52.4 Å². The van der Waals surface area contributed by atoms with Gasteiger partial charge in [0, 0.05) is 88.1 Å². The van der Waals surface area contributed by atoms with Gasteiger partial charge >= 0.3 is 6.03 Å². The van der Waals surface area contributed by atoms with E-state index in [1.165, 1.54) is 41.3 Å². The van der Waals surface area contributed by atoms with Crippen molar-refractivity contribution >= 4 is 63.1 Å². The van der Waals surface area contributed by atoms with Gasteiger partial charge in [0.2, 0.25) is 5.91 Å². The first-order valence-corrected chi connectivity index (χ1v) is 24.1. The van der Waals surface area contributed by atoms with Gasteiger partial charge in [-0.25, -0.2) is 22.9 Å². The normalized spacial score (nSPS) is 19.3. The lowest BCUT2D eigenvalue weighted by Crippen LogP contribution is -2.72. The van der Waals surface area contributed by atoms with Crippen LogP contribution in [-0.4, -0.2) is 105 Å². The highest BCUT2D eigenvalue weighted by Crippen LogP contribution is 2.54. The molecular weight excluding hydrogens is 881 g/mol. The number of nitriles is 1. The summed E-state index contributed by atoms with van der Waals surface area (Å²) < 4.78 is 51.3. The molecule has 2 N–H and O–H groups in total. The van der Waals surface area contributed by atoms with Gasteiger partial charge in [-0.3, -0.25) is 34.0 Å². The number of carbonyl (C=O) groups is 2. The van der Waals surface area contributed by atoms with Crippen molar-refractivity contribution in [1.29, 1.82) is 5.26 Å². The Morgan fingerprint density at radius 2 is 1.70 bits per heavy atom. The van der Waals surface area contributed by atoms with Gasteiger partial charge in [-0.2, -0.15) is 10.4 Å². The molecule has 19 heteroatoms. The Kier molecular flexibility index (Phi) is 14.8. The molecule has 5 aromatic rings. The monoisotopic (exact) mass is 941 g/mol. The number of amides is 3. The van der Waals surface area contributed by atoms with Crippen molar-refractivity contribution in [2.24, 2.45) is 12.5 Å². The second kappa shape index (κ2) is 20.2. The first kappa shape index (κ1) is 49.1. The molecule has 1 unspecified atom stereocenters. The Labute approximate surface area is 394 Å². The van der Waals surface area contributed by atoms with Gasteiger partial charge in [-0.1, -0.05) is 48.5 Å². The predicted octanol–water partition coefficient (Wildman–Crippen LogP) is 8.36. The summed E-state index contributed by atoms with van der Waals surface area (Å²) in [5.41, 5.74) is 1.63. The van der Waals surface area contributed by atoms with E-state index < -0.39 is 11.8 Å². The Hall–Kier alpha value is -5.81. The minimum atomic E-state index is -0.702. The van der Waals surface area contributed by atoms with Crippen molar-refractivity contribution in [1.82, 2.24) is 33.9 Å². The van der Waals surface area contributed by atoms with Crippen molar-refractivity contribution in [3.63, 3.8) is 0 Å². The number of halogens is 2. The highest BCUT2D eigenvalue weighted by atomic mass is 32.2. The van der Waals surface area contributed by atoms with Crippen LogP contribution in [-0.2, 0) is 16.6 Å². The summed E-state index contributed by atoms with van der Waals surface area (Å²) in [6, 6.07) is 12.4. The number of urea groups is 1. The number of aromatic nitrogens is 4. The number of nitrogens with zero attached hydrogens (tertiary/aromatic N) is 9. The molecule has 6 heterocycles. The minimum Gasteiger partial charge on any atom is -0.453 e. The number of hydrogen-bond donors (Lipinski definition) is 2. The van der Waals surface area contributed by atoms with Crippen LogP contribution in [0.1, 0.15) is 85.8 Å². The summed E-state index contributed by atoms with van der Waals surface area (Å²) >= 11 is 1.28. The Morgan fingerprint density at radius 1 is 0.970 bits per heavy atom. The fourth-order valence-corrected chi connectivity index (χ4v) is 10.2. The maximum absolute atomic E-state index is 15.6. The van der Waals surface area contributed by atoms with Gasteiger partial charge in [0.1, 0.15) is 23.2 Å². The summed E-state index contributed by atoms with van der Waals surface area (Å²) in [4.78, 5) is 48.5. The molecule has 1 atom stereocenters. The van der Waals surface area contributed by atoms with Crippen LogP contribution in [0.3, 0.4) is 0 Å². The number of benzene rings is 3. The molecule has 5 aliphatic rings. The summed E-state index contributed by atoms with van der Waals surface area (Å²) in [5, 5.41) is 17.6. The van der Waals surface area contributed by atoms with Gasteiger partial charge in [-0.05, 0) is 62.4 Å². The zero-order valence-electron chi connectivity index (χ0n) is 39.8. The quantitative estimate of drug-likeness (QED) is 0.128. The lowest BCUT2D eigenvalue weighted by molar-refractivity contribution is -0.158. The van der Waals surface area contributed by atoms with Crippen molar-refractivity contribution in [2.75, 3.05) is 67.4 Å². The van der Waals surface area contributed by atoms with Gasteiger partial charge in [-0.15, -0.1) is 0 Å². The standard InChI is InChI=1S/C42H43F2N11O5S.3C2H6/c1-4-50(2)61-49-33-8-6-30(43)37(29(33)17-45)60-26-5-7-32-27(11-26)39(57)55(23-46-32)25-16-42(59-18-25)21-52(22-42)24-14-41(15-24)19-53(20-41)35-13-34-28(12-31(35)44)38(48-51(34)3)54-10-9-36(56)47-40(54)58;3*1-2/h5-8,11-13,23-25,49H,4,9-10,14-16,18-22H2,1-3H3,(H,47,56,58);3*1-2H3. The predicted molar refractivity (Wildman–Crippen MR) is 259 cm³/mol. The molecule has 4 aliphatic heterocycles. The Balaban J connectivity index is 0.00000107. The molecule has 3 amide bonds. The van der Waals surface area contributed by atoms with Gasteiger partial charge in [0.15, 0.2) is 17.4 Å². The molecule has 0 radical (unpaired) electrons. The molecule has 358 valence electrons. The molecule has 3 aromatic carbocycles. The van der Waals surface area contributed by atoms with Crippen molar-refractivity contribution in [3.8, 4) is 17.6 Å². The molecular formula is C48H61F2N11O5S. The maximum atomic E-state index is 15.6. The third kappa shape index (κ3) is 9.28. The average Bonchev–Trinajstić information content (AvgIpc) is 3.88. The topological polar surface area (TPSA) is 166 Å². The lowest BCUT2D eigenvalue weighted by atomic mass is 9.59. The summed E-state index contributed by atoms with van der Waals surface area (Å²) in [5.74, 6) is -1.12. The smallest absolute Gasteiger partial charge is 0.329 e. The van der Waals surface area contributed by atoms with Crippen LogP contribution < -0.4 is 30.1 Å². The second-order valence-corrected chi connectivity index (χ2v) is 18.0. The lowest BCUT2D eigenvalue weighted by Gasteiger charge is -2.64. The fraction of sp³-hybridized carbons (Fsp3) is 0.500. The van der Waals surface area contributed by atoms with Crippen LogP contribution >= 0.6 is 12.1 Å². The third-order valence-electron chi connectivity index (χ3n) is 13.0. The SMILES string of the molecule is CC.CC.CC.CCN(C)SNc1ccc(F)c(Oc2ccc3ncn(C4COC5(C4)CN(C4CC6(C4)CN(c4cc7c(cc4F)c(N4CCC(=O)NC4=O)nn7C)C6)C5)c(=O)c3c2)c1C#N. The molecule has 67 heavy (non-hydrogen) atoms. The number of imide groups is 1. The first-order chi connectivity index (χ1) is 32.3. The molecule has 1 saturated carbocycles. The first-order valence-electron chi connectivity index (χ1n) is 23.3. The van der Waals surface area contributed by atoms with Gasteiger partial charge < -0.3 is 19.1 Å². The molecule has 16 nitrogen and oxygen atoms in total. The number of ether oxygens (including phenoxy) is 2. The molecule has 2 spiro atoms. The van der Waals surface area contributed by atoms with Crippen LogP contribution in [0.5, 0.6) is 11.5 Å². The van der Waals surface area contributed by atoms with Crippen LogP contribution in [0.25, 0.3) is 21.8 Å². The van der Waals surface area contributed by atoms with Crippen LogP contribution in [0.15, 0.2) is 53.6 Å². The van der Waals surface area contributed by atoms with E-state index in [9.17, 15) is 19.6 Å². The highest BCUT2D eigenvalue weighted by molar-refractivity contribution is 7.98. The van der Waals surface area contributed by atoms with E-state index in [0.29, 0.717) is 58.1 Å². The van der Waals surface area contributed by atoms with Crippen molar-refractivity contribution in [2.45, 2.75) is 91.8 Å². The average molecular weight is 942 g/mol. The zero-order valence-corrected chi connectivity index (χ0v) is 40.6. The molecule has 10 rings (SSSR count). The van der Waals surface area contributed by atoms with Crippen LogP contribution in [0, 0.1) is 28.4 Å². The minimum absolute atomic E-state index is 0.00749. The molecule has 0 bridgehead atoms. The second-order valence-electron chi connectivity index (χ2n) is 17.0. The molecule has 2 aromatic heterocycles. The molecule has 1 aliphatic carbocycles. The largest absolute Gasteiger partial charge is 0.453 e. The van der Waals surface area contributed by atoms with E-state index in [-0.39, 0.29) is 64.4 Å². The van der Waals surface area contributed by atoms with Crippen molar-refractivity contribution in [3.05, 3.63) is 76.3 Å². The fourth-order valence-electron chi connectivity index (χ4n) is 9.62. The highest BCUT2D eigenvalue weighted by Gasteiger charge is 2.59. The van der Waals surface area contributed by atoms with E-state index in [1.807, 2.05) is 65.9 Å². The van der Waals surface area contributed by atoms with E-state index in [0.717, 1.165) is 45.6 Å². The summed E-state index contributed by atoms with van der Waals surface area (Å²) in [6.07, 6.45) is 4.41.